The van der Waals surface area contributed by atoms with Crippen molar-refractivity contribution in [3.05, 3.63) is 65.4 Å². The summed E-state index contributed by atoms with van der Waals surface area (Å²) in [4.78, 5) is 24.2. The Kier molecular flexibility index (Phi) is 3.02. The molecule has 0 amide bonds. The molecule has 7 heteroatoms. The molecule has 0 aliphatic carbocycles. The predicted octanol–water partition coefficient (Wildman–Crippen LogP) is 2.55. The molecule has 5 aromatic rings. The van der Waals surface area contributed by atoms with Crippen molar-refractivity contribution < 1.29 is 9.10 Å². The number of oxazole rings is 1. The van der Waals surface area contributed by atoms with Crippen LogP contribution in [0, 0.1) is 0 Å². The van der Waals surface area contributed by atoms with Gasteiger partial charge in [0, 0.05) is 23.9 Å². The molecule has 0 unspecified atom stereocenters. The molecule has 5 rings (SSSR count). The minimum absolute atomic E-state index is 0.0724. The fourth-order valence-corrected chi connectivity index (χ4v) is 3.13. The third-order valence-electron chi connectivity index (χ3n) is 4.40. The molecule has 2 N–H and O–H groups in total. The Morgan fingerprint density at radius 2 is 2.08 bits per heavy atom. The first kappa shape index (κ1) is 14.6. The summed E-state index contributed by atoms with van der Waals surface area (Å²) in [6, 6.07) is 11.1. The van der Waals surface area contributed by atoms with Crippen molar-refractivity contribution in [3.8, 4) is 22.5 Å². The zero-order chi connectivity index (χ0) is 17.7. The van der Waals surface area contributed by atoms with Crippen molar-refractivity contribution in [2.24, 2.45) is 7.05 Å². The average Bonchev–Trinajstić information content (AvgIpc) is 3.29. The van der Waals surface area contributed by atoms with Crippen molar-refractivity contribution in [1.82, 2.24) is 20.1 Å². The lowest BCUT2D eigenvalue weighted by molar-refractivity contribution is -0.726. The van der Waals surface area contributed by atoms with Gasteiger partial charge in [0.05, 0.1) is 5.39 Å². The van der Waals surface area contributed by atoms with Crippen LogP contribution in [0.15, 0.2) is 64.4 Å². The molecule has 0 radical (unpaired) electrons. The van der Waals surface area contributed by atoms with Crippen LogP contribution in [0.25, 0.3) is 44.6 Å². The van der Waals surface area contributed by atoms with Crippen molar-refractivity contribution in [2.75, 3.05) is 0 Å². The van der Waals surface area contributed by atoms with Crippen LogP contribution < -0.4 is 10.1 Å². The molecule has 7 nitrogen and oxygen atoms in total. The third-order valence-corrected chi connectivity index (χ3v) is 4.40. The van der Waals surface area contributed by atoms with Gasteiger partial charge in [-0.15, -0.1) is 4.68 Å². The number of benzene rings is 1. The van der Waals surface area contributed by atoms with Gasteiger partial charge in [0.25, 0.3) is 0 Å². The van der Waals surface area contributed by atoms with Gasteiger partial charge in [-0.2, -0.15) is 5.10 Å². The first-order valence-corrected chi connectivity index (χ1v) is 8.10. The van der Waals surface area contributed by atoms with Gasteiger partial charge in [0.15, 0.2) is 30.6 Å². The molecule has 0 aliphatic heterocycles. The first-order valence-electron chi connectivity index (χ1n) is 8.10. The van der Waals surface area contributed by atoms with Crippen LogP contribution in [0.3, 0.4) is 0 Å². The highest BCUT2D eigenvalue weighted by molar-refractivity contribution is 5.91. The maximum atomic E-state index is 12.3. The molecule has 0 saturated carbocycles. The van der Waals surface area contributed by atoms with Gasteiger partial charge >= 0.3 is 0 Å². The zero-order valence-electron chi connectivity index (χ0n) is 13.9. The number of fused-ring (bicyclic) bond motifs is 2. The van der Waals surface area contributed by atoms with Gasteiger partial charge < -0.3 is 9.40 Å². The molecule has 0 spiro atoms. The van der Waals surface area contributed by atoms with Crippen LogP contribution in [0.2, 0.25) is 0 Å². The van der Waals surface area contributed by atoms with E-state index in [4.69, 9.17) is 9.40 Å². The van der Waals surface area contributed by atoms with E-state index in [-0.39, 0.29) is 5.43 Å². The molecule has 4 aromatic heterocycles. The van der Waals surface area contributed by atoms with Gasteiger partial charge in [0.1, 0.15) is 22.6 Å². The minimum Gasteiger partial charge on any atom is -0.443 e. The largest absolute Gasteiger partial charge is 0.443 e. The number of aromatic amines is 2. The molecule has 0 fully saturated rings. The van der Waals surface area contributed by atoms with Gasteiger partial charge in [-0.1, -0.05) is 6.07 Å². The Hall–Kier alpha value is -3.74. The van der Waals surface area contributed by atoms with Crippen molar-refractivity contribution >= 4 is 22.1 Å². The highest BCUT2D eigenvalue weighted by Gasteiger charge is 2.17. The van der Waals surface area contributed by atoms with Crippen LogP contribution in [0.1, 0.15) is 0 Å². The van der Waals surface area contributed by atoms with E-state index >= 15 is 0 Å². The quantitative estimate of drug-likeness (QED) is 0.482. The van der Waals surface area contributed by atoms with Gasteiger partial charge in [-0.05, 0) is 23.8 Å². The number of aromatic nitrogens is 5. The van der Waals surface area contributed by atoms with E-state index < -0.39 is 0 Å². The Balaban J connectivity index is 1.86. The summed E-state index contributed by atoms with van der Waals surface area (Å²) < 4.78 is 7.28. The molecule has 0 bridgehead atoms. The molecule has 26 heavy (non-hydrogen) atoms. The molecular formula is C19H14N5O2+. The monoisotopic (exact) mass is 344 g/mol. The van der Waals surface area contributed by atoms with Crippen molar-refractivity contribution in [1.29, 1.82) is 0 Å². The molecule has 1 aromatic carbocycles. The van der Waals surface area contributed by atoms with Gasteiger partial charge in [-0.3, -0.25) is 4.79 Å². The minimum atomic E-state index is -0.0724. The van der Waals surface area contributed by atoms with Crippen LogP contribution in [-0.4, -0.2) is 20.1 Å². The molecule has 0 aliphatic rings. The zero-order valence-corrected chi connectivity index (χ0v) is 13.9. The maximum Gasteiger partial charge on any atom is 0.195 e. The van der Waals surface area contributed by atoms with Gasteiger partial charge in [-0.25, -0.2) is 9.97 Å². The van der Waals surface area contributed by atoms with E-state index in [9.17, 15) is 4.79 Å². The second-order valence-corrected chi connectivity index (χ2v) is 6.11. The van der Waals surface area contributed by atoms with E-state index in [0.717, 1.165) is 28.0 Å². The molecular weight excluding hydrogens is 330 g/mol. The first-order chi connectivity index (χ1) is 12.7. The topological polar surface area (TPSA) is 91.4 Å². The SMILES string of the molecule is C[n+]1ccc(-c2nc3[nH]ccc(=O)c3cc2-c2ccc3ncoc3c2)[nH]1. The fraction of sp³-hybridized carbons (Fsp3) is 0.0526. The lowest BCUT2D eigenvalue weighted by Crippen LogP contribution is -2.28. The number of hydrogen-bond donors (Lipinski definition) is 2. The maximum absolute atomic E-state index is 12.3. The highest BCUT2D eigenvalue weighted by Crippen LogP contribution is 2.32. The summed E-state index contributed by atoms with van der Waals surface area (Å²) in [6.45, 7) is 0. The summed E-state index contributed by atoms with van der Waals surface area (Å²) in [5.41, 5.74) is 5.30. The second-order valence-electron chi connectivity index (χ2n) is 6.11. The molecule has 0 atom stereocenters. The standard InChI is InChI=1S/C19H13N5O2/c1-24-7-5-15(23-24)18-12(9-13-16(25)4-6-20-19(13)22-18)11-2-3-14-17(8-11)26-10-21-14/h2-10H,1H3,(H,20,22,25)/p+1. The number of nitrogens with zero attached hydrogens (tertiary/aromatic N) is 3. The van der Waals surface area contributed by atoms with E-state index in [2.05, 4.69) is 15.1 Å². The molecule has 4 heterocycles. The lowest BCUT2D eigenvalue weighted by atomic mass is 10.0. The number of nitrogens with one attached hydrogen (secondary N) is 2. The Labute approximate surface area is 146 Å². The highest BCUT2D eigenvalue weighted by atomic mass is 16.3. The summed E-state index contributed by atoms with van der Waals surface area (Å²) in [5, 5.41) is 3.78. The Morgan fingerprint density at radius 3 is 2.92 bits per heavy atom. The lowest BCUT2D eigenvalue weighted by Gasteiger charge is -2.09. The van der Waals surface area contributed by atoms with Crippen LogP contribution >= 0.6 is 0 Å². The second kappa shape index (κ2) is 5.38. The predicted molar refractivity (Wildman–Crippen MR) is 96.3 cm³/mol. The van der Waals surface area contributed by atoms with Crippen LogP contribution in [-0.2, 0) is 7.05 Å². The molecule has 0 saturated heterocycles. The number of hydrogen-bond acceptors (Lipinski definition) is 4. The normalized spacial score (nSPS) is 11.4. The Morgan fingerprint density at radius 1 is 1.15 bits per heavy atom. The van der Waals surface area contributed by atoms with E-state index in [1.165, 1.54) is 12.5 Å². The average molecular weight is 344 g/mol. The van der Waals surface area contributed by atoms with Crippen molar-refractivity contribution in [2.45, 2.75) is 0 Å². The summed E-state index contributed by atoms with van der Waals surface area (Å²) >= 11 is 0. The fourth-order valence-electron chi connectivity index (χ4n) is 3.13. The van der Waals surface area contributed by atoms with Gasteiger partial charge in [0.2, 0.25) is 0 Å². The number of pyridine rings is 2. The smallest absolute Gasteiger partial charge is 0.195 e. The van der Waals surface area contributed by atoms with Crippen LogP contribution in [0.5, 0.6) is 0 Å². The summed E-state index contributed by atoms with van der Waals surface area (Å²) in [7, 11) is 1.91. The van der Waals surface area contributed by atoms with Crippen molar-refractivity contribution in [3.63, 3.8) is 0 Å². The molecule has 126 valence electrons. The summed E-state index contributed by atoms with van der Waals surface area (Å²) in [5.74, 6) is 0. The number of aryl methyl sites for hydroxylation is 1. The third kappa shape index (κ3) is 2.21. The van der Waals surface area contributed by atoms with E-state index in [1.807, 2.05) is 48.3 Å². The number of rotatable bonds is 2. The van der Waals surface area contributed by atoms with Crippen LogP contribution in [0.4, 0.5) is 0 Å². The Bertz CT molecular complexity index is 1330. The number of H-pyrrole nitrogens is 2. The van der Waals surface area contributed by atoms with E-state index in [1.54, 1.807) is 6.20 Å². The van der Waals surface area contributed by atoms with E-state index in [0.29, 0.717) is 16.6 Å². The summed E-state index contributed by atoms with van der Waals surface area (Å²) in [6.07, 6.45) is 4.94.